The van der Waals surface area contributed by atoms with Gasteiger partial charge in [0.05, 0.1) is 23.9 Å². The molecule has 0 spiro atoms. The Kier molecular flexibility index (Phi) is 7.62. The molecule has 0 aromatic carbocycles. The molecule has 4 aliphatic carbocycles. The third-order valence-corrected chi connectivity index (χ3v) is 12.5. The van der Waals surface area contributed by atoms with Crippen LogP contribution in [0, 0.1) is 34.5 Å². The van der Waals surface area contributed by atoms with Crippen LogP contribution in [0.4, 0.5) is 0 Å². The van der Waals surface area contributed by atoms with E-state index in [-0.39, 0.29) is 60.4 Å². The zero-order valence-electron chi connectivity index (χ0n) is 25.2. The minimum atomic E-state index is -0.990. The summed E-state index contributed by atoms with van der Waals surface area (Å²) in [7, 11) is 1.62. The van der Waals surface area contributed by atoms with E-state index in [0.29, 0.717) is 24.7 Å². The SMILES string of the molecule is COC1CC(OC2CC[C@@]3(C)[C@@H](CC[C@@H]4[C@H]3CC[C@]3(C)[C@H](C5=CC(=O)OC5)C(OC(C)=O)C[C@]43O)C2)OC(C)C1O. The summed E-state index contributed by atoms with van der Waals surface area (Å²) in [6.07, 6.45) is 7.14. The van der Waals surface area contributed by atoms with Crippen molar-refractivity contribution in [3.05, 3.63) is 11.6 Å². The predicted octanol–water partition coefficient (Wildman–Crippen LogP) is 3.68. The summed E-state index contributed by atoms with van der Waals surface area (Å²) in [5.74, 6) is 0.0175. The summed E-state index contributed by atoms with van der Waals surface area (Å²) >= 11 is 0. The lowest BCUT2D eigenvalue weighted by molar-refractivity contribution is -0.273. The molecule has 9 nitrogen and oxygen atoms in total. The molecule has 0 amide bonds. The summed E-state index contributed by atoms with van der Waals surface area (Å²) in [6.45, 7) is 8.06. The van der Waals surface area contributed by atoms with Gasteiger partial charge >= 0.3 is 11.9 Å². The first-order valence-corrected chi connectivity index (χ1v) is 15.7. The second-order valence-electron chi connectivity index (χ2n) is 14.3. The fraction of sp³-hybridized carbons (Fsp3) is 0.875. The average molecular weight is 577 g/mol. The van der Waals surface area contributed by atoms with Crippen molar-refractivity contribution in [2.45, 2.75) is 128 Å². The second kappa shape index (κ2) is 10.6. The number of hydrogen-bond donors (Lipinski definition) is 2. The van der Waals surface area contributed by atoms with Gasteiger partial charge in [0.2, 0.25) is 0 Å². The molecule has 0 bridgehead atoms. The molecule has 2 N–H and O–H groups in total. The van der Waals surface area contributed by atoms with Gasteiger partial charge in [-0.2, -0.15) is 0 Å². The normalized spacial score (nSPS) is 51.2. The maximum Gasteiger partial charge on any atom is 0.331 e. The third-order valence-electron chi connectivity index (χ3n) is 12.5. The number of hydrogen-bond acceptors (Lipinski definition) is 9. The number of cyclic esters (lactones) is 1. The van der Waals surface area contributed by atoms with Crippen LogP contribution in [0.1, 0.15) is 85.5 Å². The number of aliphatic hydroxyl groups excluding tert-OH is 1. The number of fused-ring (bicyclic) bond motifs is 5. The molecule has 6 unspecified atom stereocenters. The van der Waals surface area contributed by atoms with E-state index < -0.39 is 23.2 Å². The predicted molar refractivity (Wildman–Crippen MR) is 147 cm³/mol. The Morgan fingerprint density at radius 3 is 2.54 bits per heavy atom. The molecule has 1 saturated heterocycles. The molecule has 0 aromatic heterocycles. The van der Waals surface area contributed by atoms with Gasteiger partial charge in [-0.05, 0) is 80.6 Å². The van der Waals surface area contributed by atoms with Crippen molar-refractivity contribution >= 4 is 11.9 Å². The molecule has 6 rings (SSSR count). The van der Waals surface area contributed by atoms with Gasteiger partial charge < -0.3 is 33.9 Å². The van der Waals surface area contributed by atoms with E-state index in [1.807, 2.05) is 6.92 Å². The molecule has 5 fully saturated rings. The summed E-state index contributed by atoms with van der Waals surface area (Å²) in [6, 6.07) is 0. The van der Waals surface area contributed by atoms with Crippen molar-refractivity contribution in [2.75, 3.05) is 13.7 Å². The van der Waals surface area contributed by atoms with E-state index >= 15 is 0 Å². The van der Waals surface area contributed by atoms with Crippen LogP contribution in [0.15, 0.2) is 11.6 Å². The van der Waals surface area contributed by atoms with E-state index in [4.69, 9.17) is 23.7 Å². The van der Waals surface area contributed by atoms with Crippen molar-refractivity contribution in [1.82, 2.24) is 0 Å². The maximum atomic E-state index is 12.7. The van der Waals surface area contributed by atoms with Gasteiger partial charge in [-0.15, -0.1) is 0 Å². The molecule has 13 atom stereocenters. The van der Waals surface area contributed by atoms with Crippen molar-refractivity contribution in [3.63, 3.8) is 0 Å². The van der Waals surface area contributed by atoms with E-state index in [2.05, 4.69) is 13.8 Å². The maximum absolute atomic E-state index is 12.7. The van der Waals surface area contributed by atoms with E-state index in [1.54, 1.807) is 13.2 Å². The van der Waals surface area contributed by atoms with Gasteiger partial charge in [0.1, 0.15) is 18.8 Å². The summed E-state index contributed by atoms with van der Waals surface area (Å²) in [5, 5.41) is 23.0. The van der Waals surface area contributed by atoms with Crippen LogP contribution in [0.25, 0.3) is 0 Å². The summed E-state index contributed by atoms with van der Waals surface area (Å²) in [4.78, 5) is 24.2. The quantitative estimate of drug-likeness (QED) is 0.373. The smallest absolute Gasteiger partial charge is 0.331 e. The molecular formula is C32H48O9. The van der Waals surface area contributed by atoms with Crippen LogP contribution in [0.2, 0.25) is 0 Å². The van der Waals surface area contributed by atoms with Gasteiger partial charge in [0, 0.05) is 44.3 Å². The lowest BCUT2D eigenvalue weighted by atomic mass is 9.43. The number of carbonyl (C=O) groups is 2. The van der Waals surface area contributed by atoms with Gasteiger partial charge in [-0.1, -0.05) is 13.8 Å². The molecule has 4 saturated carbocycles. The minimum absolute atomic E-state index is 0.0898. The first-order chi connectivity index (χ1) is 19.4. The van der Waals surface area contributed by atoms with Crippen LogP contribution in [-0.2, 0) is 33.3 Å². The number of aliphatic hydroxyl groups is 2. The monoisotopic (exact) mass is 576 g/mol. The molecular weight excluding hydrogens is 528 g/mol. The summed E-state index contributed by atoms with van der Waals surface area (Å²) < 4.78 is 29.1. The lowest BCUT2D eigenvalue weighted by Crippen LogP contribution is -2.62. The van der Waals surface area contributed by atoms with Crippen LogP contribution in [-0.4, -0.2) is 78.3 Å². The lowest BCUT2D eigenvalue weighted by Gasteiger charge is -2.63. The highest BCUT2D eigenvalue weighted by atomic mass is 16.7. The highest BCUT2D eigenvalue weighted by Crippen LogP contribution is 2.70. The molecule has 0 radical (unpaired) electrons. The Morgan fingerprint density at radius 1 is 1.07 bits per heavy atom. The average Bonchev–Trinajstić information content (AvgIpc) is 3.42. The number of rotatable bonds is 5. The van der Waals surface area contributed by atoms with E-state index in [1.165, 1.54) is 6.92 Å². The molecule has 0 aromatic rings. The van der Waals surface area contributed by atoms with Gasteiger partial charge in [-0.25, -0.2) is 4.79 Å². The molecule has 2 heterocycles. The Hall–Kier alpha value is -1.52. The van der Waals surface area contributed by atoms with Gasteiger partial charge in [-0.3, -0.25) is 4.79 Å². The van der Waals surface area contributed by atoms with Gasteiger partial charge in [0.15, 0.2) is 6.29 Å². The largest absolute Gasteiger partial charge is 0.462 e. The Labute approximate surface area is 243 Å². The molecule has 6 aliphatic rings. The number of esters is 2. The van der Waals surface area contributed by atoms with E-state index in [0.717, 1.165) is 50.5 Å². The molecule has 2 aliphatic heterocycles. The van der Waals surface area contributed by atoms with Crippen LogP contribution in [0.3, 0.4) is 0 Å². The number of carbonyl (C=O) groups excluding carboxylic acids is 2. The molecule has 41 heavy (non-hydrogen) atoms. The zero-order valence-corrected chi connectivity index (χ0v) is 25.2. The van der Waals surface area contributed by atoms with Crippen LogP contribution in [0.5, 0.6) is 0 Å². The Balaban J connectivity index is 1.19. The third kappa shape index (κ3) is 4.69. The first-order valence-electron chi connectivity index (χ1n) is 15.7. The molecule has 230 valence electrons. The summed E-state index contributed by atoms with van der Waals surface area (Å²) in [5.41, 5.74) is -0.559. The highest BCUT2D eigenvalue weighted by Gasteiger charge is 2.71. The minimum Gasteiger partial charge on any atom is -0.462 e. The van der Waals surface area contributed by atoms with Crippen LogP contribution >= 0.6 is 0 Å². The van der Waals surface area contributed by atoms with Crippen molar-refractivity contribution < 1.29 is 43.5 Å². The Morgan fingerprint density at radius 2 is 1.85 bits per heavy atom. The number of methoxy groups -OCH3 is 1. The van der Waals surface area contributed by atoms with Crippen molar-refractivity contribution in [1.29, 1.82) is 0 Å². The molecule has 9 heteroatoms. The number of ether oxygens (including phenoxy) is 5. The van der Waals surface area contributed by atoms with Crippen LogP contribution < -0.4 is 0 Å². The fourth-order valence-electron chi connectivity index (χ4n) is 10.4. The zero-order chi connectivity index (χ0) is 29.3. The first kappa shape index (κ1) is 29.5. The standard InChI is InChI=1S/C32H48O9/c1-17-29(35)24(37-5)14-27(39-17)41-21-8-10-30(3)20(13-21)6-7-23-22(30)9-11-31(4)28(19-12-26(34)38-16-19)25(40-18(2)33)15-32(23,31)36/h12,17,20-25,27-29,35-36H,6-11,13-16H2,1-5H3/t17?,20-,21?,22+,23+,24?,25?,27?,28+,29?,30-,31+,32-/m0/s1. The van der Waals surface area contributed by atoms with Gasteiger partial charge in [0.25, 0.3) is 0 Å². The highest BCUT2D eigenvalue weighted by molar-refractivity contribution is 5.85. The van der Waals surface area contributed by atoms with Crippen molar-refractivity contribution in [3.8, 4) is 0 Å². The second-order valence-corrected chi connectivity index (χ2v) is 14.3. The van der Waals surface area contributed by atoms with Crippen molar-refractivity contribution in [2.24, 2.45) is 34.5 Å². The topological polar surface area (TPSA) is 121 Å². The fourth-order valence-corrected chi connectivity index (χ4v) is 10.4. The Bertz CT molecular complexity index is 1080. The van der Waals surface area contributed by atoms with E-state index in [9.17, 15) is 19.8 Å².